The van der Waals surface area contributed by atoms with Crippen LogP contribution in [0.5, 0.6) is 5.75 Å². The SMILES string of the molecule is COc1ccc(C2(CNC(=O)C3CCNCC3)CCCCC2)cc1. The lowest BCUT2D eigenvalue weighted by Gasteiger charge is -2.38. The molecule has 1 saturated heterocycles. The van der Waals surface area contributed by atoms with Crippen molar-refractivity contribution in [3.05, 3.63) is 29.8 Å². The summed E-state index contributed by atoms with van der Waals surface area (Å²) in [6.07, 6.45) is 8.03. The second-order valence-corrected chi connectivity index (χ2v) is 7.31. The van der Waals surface area contributed by atoms with Gasteiger partial charge in [0.2, 0.25) is 5.91 Å². The molecule has 1 aromatic rings. The van der Waals surface area contributed by atoms with Crippen LogP contribution in [0.15, 0.2) is 24.3 Å². The van der Waals surface area contributed by atoms with E-state index in [-0.39, 0.29) is 17.2 Å². The summed E-state index contributed by atoms with van der Waals surface area (Å²) in [5.41, 5.74) is 1.43. The Labute approximate surface area is 145 Å². The van der Waals surface area contributed by atoms with E-state index in [9.17, 15) is 4.79 Å². The van der Waals surface area contributed by atoms with Crippen LogP contribution in [-0.2, 0) is 10.2 Å². The highest BCUT2D eigenvalue weighted by Crippen LogP contribution is 2.39. The Morgan fingerprint density at radius 3 is 2.46 bits per heavy atom. The summed E-state index contributed by atoms with van der Waals surface area (Å²) in [5.74, 6) is 1.32. The van der Waals surface area contributed by atoms with Gasteiger partial charge in [-0.2, -0.15) is 0 Å². The minimum Gasteiger partial charge on any atom is -0.497 e. The Morgan fingerprint density at radius 1 is 1.17 bits per heavy atom. The number of nitrogens with one attached hydrogen (secondary N) is 2. The number of methoxy groups -OCH3 is 1. The van der Waals surface area contributed by atoms with Crippen LogP contribution in [0.1, 0.15) is 50.5 Å². The Morgan fingerprint density at radius 2 is 1.83 bits per heavy atom. The highest BCUT2D eigenvalue weighted by atomic mass is 16.5. The molecule has 2 fully saturated rings. The van der Waals surface area contributed by atoms with Crippen LogP contribution < -0.4 is 15.4 Å². The van der Waals surface area contributed by atoms with E-state index in [4.69, 9.17) is 4.74 Å². The standard InChI is InChI=1S/C20H30N2O2/c1-24-18-7-5-17(6-8-18)20(11-3-2-4-12-20)15-22-19(23)16-9-13-21-14-10-16/h5-8,16,21H,2-4,9-15H2,1H3,(H,22,23). The van der Waals surface area contributed by atoms with Crippen molar-refractivity contribution in [2.75, 3.05) is 26.7 Å². The van der Waals surface area contributed by atoms with Gasteiger partial charge in [-0.25, -0.2) is 0 Å². The van der Waals surface area contributed by atoms with Crippen LogP contribution in [0.2, 0.25) is 0 Å². The molecular formula is C20H30N2O2. The normalized spacial score (nSPS) is 21.2. The second kappa shape index (κ2) is 8.02. The van der Waals surface area contributed by atoms with Gasteiger partial charge in [0.25, 0.3) is 0 Å². The molecule has 0 unspecified atom stereocenters. The van der Waals surface area contributed by atoms with Crippen LogP contribution in [0.3, 0.4) is 0 Å². The van der Waals surface area contributed by atoms with E-state index in [0.717, 1.165) is 51.1 Å². The van der Waals surface area contributed by atoms with Crippen molar-refractivity contribution >= 4 is 5.91 Å². The van der Waals surface area contributed by atoms with E-state index in [1.807, 2.05) is 12.1 Å². The predicted molar refractivity (Wildman–Crippen MR) is 96.4 cm³/mol. The average Bonchev–Trinajstić information content (AvgIpc) is 2.67. The van der Waals surface area contributed by atoms with Gasteiger partial charge in [0, 0.05) is 17.9 Å². The molecular weight excluding hydrogens is 300 g/mol. The molecule has 2 N–H and O–H groups in total. The third-order valence-electron chi connectivity index (χ3n) is 5.82. The van der Waals surface area contributed by atoms with E-state index < -0.39 is 0 Å². The Hall–Kier alpha value is -1.55. The molecule has 0 bridgehead atoms. The molecule has 4 nitrogen and oxygen atoms in total. The maximum Gasteiger partial charge on any atom is 0.223 e. The zero-order chi connectivity index (χ0) is 16.8. The minimum atomic E-state index is 0.0904. The van der Waals surface area contributed by atoms with Crippen molar-refractivity contribution in [2.24, 2.45) is 5.92 Å². The third-order valence-corrected chi connectivity index (χ3v) is 5.82. The maximum atomic E-state index is 12.6. The van der Waals surface area contributed by atoms with Crippen molar-refractivity contribution in [2.45, 2.75) is 50.4 Å². The van der Waals surface area contributed by atoms with Crippen LogP contribution in [0.25, 0.3) is 0 Å². The monoisotopic (exact) mass is 330 g/mol. The van der Waals surface area contributed by atoms with Gasteiger partial charge in [-0.05, 0) is 56.5 Å². The first kappa shape index (κ1) is 17.3. The van der Waals surface area contributed by atoms with Gasteiger partial charge in [-0.1, -0.05) is 31.4 Å². The number of benzene rings is 1. The van der Waals surface area contributed by atoms with E-state index in [1.165, 1.54) is 24.8 Å². The van der Waals surface area contributed by atoms with Gasteiger partial charge >= 0.3 is 0 Å². The number of rotatable bonds is 5. The largest absolute Gasteiger partial charge is 0.497 e. The lowest BCUT2D eigenvalue weighted by atomic mass is 9.69. The zero-order valence-electron chi connectivity index (χ0n) is 14.8. The van der Waals surface area contributed by atoms with Crippen LogP contribution in [0.4, 0.5) is 0 Å². The Balaban J connectivity index is 1.69. The summed E-state index contributed by atoms with van der Waals surface area (Å²) in [6, 6.07) is 8.45. The third kappa shape index (κ3) is 3.92. The Kier molecular flexibility index (Phi) is 5.77. The summed E-state index contributed by atoms with van der Waals surface area (Å²) in [4.78, 5) is 12.6. The van der Waals surface area contributed by atoms with Gasteiger partial charge in [-0.15, -0.1) is 0 Å². The highest BCUT2D eigenvalue weighted by Gasteiger charge is 2.35. The second-order valence-electron chi connectivity index (χ2n) is 7.31. The minimum absolute atomic E-state index is 0.0904. The van der Waals surface area contributed by atoms with Crippen LogP contribution in [-0.4, -0.2) is 32.7 Å². The Bertz CT molecular complexity index is 529. The smallest absolute Gasteiger partial charge is 0.223 e. The molecule has 0 radical (unpaired) electrons. The first-order chi connectivity index (χ1) is 11.7. The van der Waals surface area contributed by atoms with Crippen molar-refractivity contribution in [1.82, 2.24) is 10.6 Å². The fourth-order valence-corrected chi connectivity index (χ4v) is 4.23. The van der Waals surface area contributed by atoms with Crippen LogP contribution in [0, 0.1) is 5.92 Å². The molecule has 24 heavy (non-hydrogen) atoms. The summed E-state index contributed by atoms with van der Waals surface area (Å²) >= 11 is 0. The molecule has 0 atom stereocenters. The molecule has 1 amide bonds. The first-order valence-electron chi connectivity index (χ1n) is 9.36. The highest BCUT2D eigenvalue weighted by molar-refractivity contribution is 5.78. The van der Waals surface area contributed by atoms with E-state index >= 15 is 0 Å². The molecule has 2 aliphatic rings. The average molecular weight is 330 g/mol. The van der Waals surface area contributed by atoms with Crippen molar-refractivity contribution in [3.8, 4) is 5.75 Å². The number of amides is 1. The zero-order valence-corrected chi connectivity index (χ0v) is 14.8. The van der Waals surface area contributed by atoms with Gasteiger partial charge in [0.1, 0.15) is 5.75 Å². The summed E-state index contributed by atoms with van der Waals surface area (Å²) in [6.45, 7) is 2.69. The van der Waals surface area contributed by atoms with Crippen LogP contribution >= 0.6 is 0 Å². The topological polar surface area (TPSA) is 50.4 Å². The van der Waals surface area contributed by atoms with E-state index in [0.29, 0.717) is 0 Å². The number of ether oxygens (including phenoxy) is 1. The number of hydrogen-bond acceptors (Lipinski definition) is 3. The number of carbonyl (C=O) groups excluding carboxylic acids is 1. The first-order valence-corrected chi connectivity index (χ1v) is 9.36. The molecule has 1 saturated carbocycles. The molecule has 4 heteroatoms. The molecule has 0 spiro atoms. The molecule has 132 valence electrons. The summed E-state index contributed by atoms with van der Waals surface area (Å²) < 4.78 is 5.29. The maximum absolute atomic E-state index is 12.6. The quantitative estimate of drug-likeness (QED) is 0.872. The molecule has 3 rings (SSSR count). The van der Waals surface area contributed by atoms with Gasteiger partial charge in [0.05, 0.1) is 7.11 Å². The molecule has 1 aliphatic heterocycles. The van der Waals surface area contributed by atoms with Gasteiger partial charge in [-0.3, -0.25) is 4.79 Å². The van der Waals surface area contributed by atoms with Gasteiger partial charge < -0.3 is 15.4 Å². The number of carbonyl (C=O) groups is 1. The van der Waals surface area contributed by atoms with E-state index in [2.05, 4.69) is 22.8 Å². The van der Waals surface area contributed by atoms with E-state index in [1.54, 1.807) is 7.11 Å². The summed E-state index contributed by atoms with van der Waals surface area (Å²) in [7, 11) is 1.70. The lowest BCUT2D eigenvalue weighted by Crippen LogP contribution is -2.45. The number of piperidine rings is 1. The number of hydrogen-bond donors (Lipinski definition) is 2. The predicted octanol–water partition coefficient (Wildman–Crippen LogP) is 3.01. The molecule has 1 aliphatic carbocycles. The summed E-state index contributed by atoms with van der Waals surface area (Å²) in [5, 5.41) is 6.62. The van der Waals surface area contributed by atoms with Crippen molar-refractivity contribution in [1.29, 1.82) is 0 Å². The molecule has 1 aromatic carbocycles. The van der Waals surface area contributed by atoms with Crippen molar-refractivity contribution < 1.29 is 9.53 Å². The lowest BCUT2D eigenvalue weighted by molar-refractivity contribution is -0.126. The fourth-order valence-electron chi connectivity index (χ4n) is 4.23. The fraction of sp³-hybridized carbons (Fsp3) is 0.650. The molecule has 1 heterocycles. The van der Waals surface area contributed by atoms with Crippen molar-refractivity contribution in [3.63, 3.8) is 0 Å². The van der Waals surface area contributed by atoms with Gasteiger partial charge in [0.15, 0.2) is 0 Å². The molecule has 0 aromatic heterocycles.